The van der Waals surface area contributed by atoms with Crippen molar-refractivity contribution in [1.29, 1.82) is 0 Å². The molecule has 146 valence electrons. The van der Waals surface area contributed by atoms with Crippen LogP contribution in [0.2, 0.25) is 0 Å². The number of nitrogens with zero attached hydrogens (tertiary/aromatic N) is 1. The molecule has 0 unspecified atom stereocenters. The fraction of sp³-hybridized carbons (Fsp3) is 0.526. The smallest absolute Gasteiger partial charge is 0.190 e. The molecule has 0 saturated heterocycles. The highest BCUT2D eigenvalue weighted by Gasteiger charge is 1.99. The number of terminal acetylenes is 1. The second-order valence-corrected chi connectivity index (χ2v) is 5.27. The predicted molar refractivity (Wildman–Crippen MR) is 117 cm³/mol. The summed E-state index contributed by atoms with van der Waals surface area (Å²) in [7, 11) is 3.43. The Morgan fingerprint density at radius 1 is 1.12 bits per heavy atom. The van der Waals surface area contributed by atoms with Crippen molar-refractivity contribution in [2.75, 3.05) is 53.7 Å². The van der Waals surface area contributed by atoms with Crippen LogP contribution in [0.3, 0.4) is 0 Å². The summed E-state index contributed by atoms with van der Waals surface area (Å²) in [5.41, 5.74) is 1.22. The summed E-state index contributed by atoms with van der Waals surface area (Å²) in [6.45, 7) is 3.88. The number of guanidine groups is 1. The van der Waals surface area contributed by atoms with Crippen molar-refractivity contribution in [2.24, 2.45) is 4.99 Å². The molecule has 26 heavy (non-hydrogen) atoms. The van der Waals surface area contributed by atoms with E-state index in [9.17, 15) is 0 Å². The van der Waals surface area contributed by atoms with Crippen molar-refractivity contribution in [1.82, 2.24) is 10.6 Å². The van der Waals surface area contributed by atoms with E-state index in [2.05, 4.69) is 21.5 Å². The highest BCUT2D eigenvalue weighted by atomic mass is 127. The van der Waals surface area contributed by atoms with Crippen LogP contribution in [0.1, 0.15) is 12.0 Å². The van der Waals surface area contributed by atoms with Crippen LogP contribution in [0, 0.1) is 12.3 Å². The molecule has 0 saturated carbocycles. The first-order valence-corrected chi connectivity index (χ1v) is 8.46. The van der Waals surface area contributed by atoms with Crippen LogP contribution in [0.15, 0.2) is 29.3 Å². The molecule has 0 atom stereocenters. The third-order valence-electron chi connectivity index (χ3n) is 3.36. The minimum atomic E-state index is 0. The third-order valence-corrected chi connectivity index (χ3v) is 3.36. The zero-order valence-corrected chi connectivity index (χ0v) is 18.0. The van der Waals surface area contributed by atoms with Crippen molar-refractivity contribution >= 4 is 29.9 Å². The van der Waals surface area contributed by atoms with E-state index >= 15 is 0 Å². The molecule has 0 aliphatic rings. The summed E-state index contributed by atoms with van der Waals surface area (Å²) in [5, 5.41) is 6.57. The zero-order chi connectivity index (χ0) is 18.2. The second-order valence-electron chi connectivity index (χ2n) is 5.27. The van der Waals surface area contributed by atoms with E-state index in [4.69, 9.17) is 20.6 Å². The van der Waals surface area contributed by atoms with Crippen molar-refractivity contribution in [3.05, 3.63) is 29.8 Å². The molecule has 0 spiro atoms. The van der Waals surface area contributed by atoms with Crippen LogP contribution in [0.25, 0.3) is 0 Å². The Morgan fingerprint density at radius 3 is 2.50 bits per heavy atom. The fourth-order valence-corrected chi connectivity index (χ4v) is 2.05. The normalized spacial score (nSPS) is 10.6. The van der Waals surface area contributed by atoms with E-state index in [1.807, 2.05) is 24.3 Å². The zero-order valence-electron chi connectivity index (χ0n) is 15.6. The second kappa shape index (κ2) is 16.9. The van der Waals surface area contributed by atoms with Gasteiger partial charge >= 0.3 is 0 Å². The average molecular weight is 475 g/mol. The van der Waals surface area contributed by atoms with Gasteiger partial charge in [0.05, 0.1) is 13.2 Å². The lowest BCUT2D eigenvalue weighted by molar-refractivity contribution is 0.0698. The molecule has 7 heteroatoms. The molecule has 2 N–H and O–H groups in total. The lowest BCUT2D eigenvalue weighted by atomic mass is 10.1. The number of methoxy groups -OCH3 is 1. The Balaban J connectivity index is 0.00000625. The van der Waals surface area contributed by atoms with E-state index < -0.39 is 0 Å². The van der Waals surface area contributed by atoms with Gasteiger partial charge < -0.3 is 24.8 Å². The lowest BCUT2D eigenvalue weighted by Gasteiger charge is -2.12. The number of halogens is 1. The summed E-state index contributed by atoms with van der Waals surface area (Å²) < 4.78 is 15.7. The van der Waals surface area contributed by atoms with Gasteiger partial charge in [-0.25, -0.2) is 0 Å². The Bertz CT molecular complexity index is 530. The predicted octanol–water partition coefficient (Wildman–Crippen LogP) is 2.08. The fourth-order valence-electron chi connectivity index (χ4n) is 2.05. The molecule has 1 aromatic rings. The monoisotopic (exact) mass is 475 g/mol. The van der Waals surface area contributed by atoms with Gasteiger partial charge in [-0.2, -0.15) is 0 Å². The van der Waals surface area contributed by atoms with Gasteiger partial charge in [0.15, 0.2) is 5.96 Å². The Hall–Kier alpha value is -1.50. The number of ether oxygens (including phenoxy) is 3. The summed E-state index contributed by atoms with van der Waals surface area (Å²) in [6.07, 6.45) is 6.99. The molecule has 1 rings (SSSR count). The van der Waals surface area contributed by atoms with Crippen molar-refractivity contribution < 1.29 is 14.2 Å². The largest absolute Gasteiger partial charge is 0.481 e. The van der Waals surface area contributed by atoms with Crippen molar-refractivity contribution in [3.8, 4) is 18.1 Å². The summed E-state index contributed by atoms with van der Waals surface area (Å²) in [6, 6.07) is 7.95. The highest BCUT2D eigenvalue weighted by Crippen LogP contribution is 2.12. The molecule has 1 aromatic carbocycles. The molecule has 0 radical (unpaired) electrons. The Labute approximate surface area is 174 Å². The van der Waals surface area contributed by atoms with Gasteiger partial charge in [0.25, 0.3) is 0 Å². The maximum absolute atomic E-state index is 5.42. The van der Waals surface area contributed by atoms with Crippen LogP contribution in [0.5, 0.6) is 5.75 Å². The van der Waals surface area contributed by atoms with E-state index in [0.717, 1.165) is 37.6 Å². The molecule has 0 fully saturated rings. The molecule has 0 amide bonds. The maximum atomic E-state index is 5.42. The summed E-state index contributed by atoms with van der Waals surface area (Å²) in [5.74, 6) is 4.04. The number of benzene rings is 1. The van der Waals surface area contributed by atoms with Crippen LogP contribution < -0.4 is 15.4 Å². The lowest BCUT2D eigenvalue weighted by Crippen LogP contribution is -2.39. The number of aliphatic imine (C=N–C) groups is 1. The van der Waals surface area contributed by atoms with Gasteiger partial charge in [-0.05, 0) is 30.5 Å². The molecule has 6 nitrogen and oxygen atoms in total. The first-order chi connectivity index (χ1) is 12.3. The maximum Gasteiger partial charge on any atom is 0.190 e. The van der Waals surface area contributed by atoms with Gasteiger partial charge in [-0.1, -0.05) is 18.1 Å². The minimum absolute atomic E-state index is 0. The number of hydrogen-bond donors (Lipinski definition) is 2. The van der Waals surface area contributed by atoms with Gasteiger partial charge in [0.2, 0.25) is 0 Å². The molecule has 0 aliphatic carbocycles. The van der Waals surface area contributed by atoms with Crippen LogP contribution in [-0.2, 0) is 15.9 Å². The third kappa shape index (κ3) is 12.0. The number of nitrogens with one attached hydrogen (secondary N) is 2. The number of rotatable bonds is 12. The molecule has 0 aliphatic heterocycles. The SMILES string of the molecule is C#CCOc1ccc(CCNC(=NC)NCCCOCCOC)cc1.I. The summed E-state index contributed by atoms with van der Waals surface area (Å²) in [4.78, 5) is 4.21. The van der Waals surface area contributed by atoms with Gasteiger partial charge in [0.1, 0.15) is 12.4 Å². The topological polar surface area (TPSA) is 64.1 Å². The van der Waals surface area contributed by atoms with E-state index in [0.29, 0.717) is 26.4 Å². The van der Waals surface area contributed by atoms with Crippen LogP contribution in [-0.4, -0.2) is 59.6 Å². The van der Waals surface area contributed by atoms with Crippen molar-refractivity contribution in [3.63, 3.8) is 0 Å². The van der Waals surface area contributed by atoms with Gasteiger partial charge in [0, 0.05) is 33.9 Å². The molecular formula is C19H30IN3O3. The van der Waals surface area contributed by atoms with Crippen LogP contribution in [0.4, 0.5) is 0 Å². The van der Waals surface area contributed by atoms with Crippen LogP contribution >= 0.6 is 24.0 Å². The van der Waals surface area contributed by atoms with Crippen molar-refractivity contribution in [2.45, 2.75) is 12.8 Å². The Morgan fingerprint density at radius 2 is 1.85 bits per heavy atom. The standard InChI is InChI=1S/C19H29N3O3.HI/c1-4-13-25-18-8-6-17(7-9-18)10-12-22-19(20-2)21-11-5-14-24-16-15-23-3;/h1,6-9H,5,10-16H2,2-3H3,(H2,20,21,22);1H. The van der Waals surface area contributed by atoms with E-state index in [-0.39, 0.29) is 24.0 Å². The van der Waals surface area contributed by atoms with E-state index in [1.165, 1.54) is 5.56 Å². The highest BCUT2D eigenvalue weighted by molar-refractivity contribution is 14.0. The van der Waals surface area contributed by atoms with Gasteiger partial charge in [-0.15, -0.1) is 30.4 Å². The number of hydrogen-bond acceptors (Lipinski definition) is 4. The molecular weight excluding hydrogens is 445 g/mol. The minimum Gasteiger partial charge on any atom is -0.481 e. The molecule has 0 bridgehead atoms. The average Bonchev–Trinajstić information content (AvgIpc) is 2.65. The molecule has 0 aromatic heterocycles. The van der Waals surface area contributed by atoms with Gasteiger partial charge in [-0.3, -0.25) is 4.99 Å². The van der Waals surface area contributed by atoms with E-state index in [1.54, 1.807) is 14.2 Å². The quantitative estimate of drug-likeness (QED) is 0.159. The molecule has 0 heterocycles. The summed E-state index contributed by atoms with van der Waals surface area (Å²) >= 11 is 0. The first-order valence-electron chi connectivity index (χ1n) is 8.46. The first kappa shape index (κ1) is 24.5. The Kier molecular flexibility index (Phi) is 16.0.